The first-order chi connectivity index (χ1) is 7.57. The molecular weight excluding hydrogens is 212 g/mol. The number of aliphatic hydroxyl groups excluding tert-OH is 1. The topological polar surface area (TPSA) is 113 Å². The summed E-state index contributed by atoms with van der Waals surface area (Å²) in [6.45, 7) is 0. The van der Waals surface area contributed by atoms with Gasteiger partial charge in [-0.05, 0) is 5.56 Å². The number of nitrogens with two attached hydrogens (primary N) is 1. The number of carbonyl (C=O) groups excluding carboxylic acids is 2. The van der Waals surface area contributed by atoms with E-state index in [9.17, 15) is 14.7 Å². The molecule has 0 spiro atoms. The van der Waals surface area contributed by atoms with Crippen molar-refractivity contribution in [2.45, 2.75) is 12.0 Å². The van der Waals surface area contributed by atoms with Crippen molar-refractivity contribution in [3.05, 3.63) is 35.9 Å². The third-order valence-corrected chi connectivity index (χ3v) is 2.16. The molecule has 0 aliphatic carbocycles. The van der Waals surface area contributed by atoms with Crippen LogP contribution in [0.25, 0.3) is 0 Å². The van der Waals surface area contributed by atoms with Crippen LogP contribution >= 0.6 is 0 Å². The molecule has 16 heavy (non-hydrogen) atoms. The molecule has 0 heterocycles. The Morgan fingerprint density at radius 2 is 1.81 bits per heavy atom. The predicted octanol–water partition coefficient (Wildman–Crippen LogP) is -0.878. The van der Waals surface area contributed by atoms with E-state index in [1.165, 1.54) is 5.48 Å². The Morgan fingerprint density at radius 3 is 2.25 bits per heavy atom. The number of rotatable bonds is 4. The van der Waals surface area contributed by atoms with Gasteiger partial charge in [0.1, 0.15) is 0 Å². The number of hydrogen-bond acceptors (Lipinski definition) is 4. The molecule has 6 heteroatoms. The number of amides is 2. The Bertz CT molecular complexity index is 380. The van der Waals surface area contributed by atoms with Gasteiger partial charge < -0.3 is 10.8 Å². The maximum atomic E-state index is 11.2. The van der Waals surface area contributed by atoms with Crippen molar-refractivity contribution in [1.29, 1.82) is 0 Å². The van der Waals surface area contributed by atoms with Gasteiger partial charge in [0.2, 0.25) is 5.91 Å². The zero-order valence-electron chi connectivity index (χ0n) is 8.33. The highest BCUT2D eigenvalue weighted by Crippen LogP contribution is 2.19. The lowest BCUT2D eigenvalue weighted by molar-refractivity contribution is -0.142. The van der Waals surface area contributed by atoms with Gasteiger partial charge in [0.15, 0.2) is 6.10 Å². The summed E-state index contributed by atoms with van der Waals surface area (Å²) in [4.78, 5) is 22.2. The number of primary amides is 1. The molecule has 0 saturated heterocycles. The maximum absolute atomic E-state index is 11.2. The van der Waals surface area contributed by atoms with Crippen molar-refractivity contribution in [2.24, 2.45) is 5.73 Å². The van der Waals surface area contributed by atoms with Gasteiger partial charge in [0.05, 0.1) is 5.92 Å². The summed E-state index contributed by atoms with van der Waals surface area (Å²) in [7, 11) is 0. The Hall–Kier alpha value is -1.92. The molecule has 86 valence electrons. The van der Waals surface area contributed by atoms with Crippen LogP contribution in [0.1, 0.15) is 11.5 Å². The van der Waals surface area contributed by atoms with Gasteiger partial charge in [0.25, 0.3) is 5.91 Å². The summed E-state index contributed by atoms with van der Waals surface area (Å²) in [6.07, 6.45) is -1.72. The summed E-state index contributed by atoms with van der Waals surface area (Å²) < 4.78 is 0. The largest absolute Gasteiger partial charge is 0.382 e. The molecule has 0 radical (unpaired) electrons. The minimum absolute atomic E-state index is 0.408. The molecule has 5 N–H and O–H groups in total. The van der Waals surface area contributed by atoms with Crippen molar-refractivity contribution < 1.29 is 19.9 Å². The summed E-state index contributed by atoms with van der Waals surface area (Å²) in [6, 6.07) is 8.14. The molecule has 2 unspecified atom stereocenters. The van der Waals surface area contributed by atoms with Crippen molar-refractivity contribution in [1.82, 2.24) is 5.48 Å². The minimum Gasteiger partial charge on any atom is -0.382 e. The predicted molar refractivity (Wildman–Crippen MR) is 54.3 cm³/mol. The minimum atomic E-state index is -1.72. The normalized spacial score (nSPS) is 13.9. The van der Waals surface area contributed by atoms with Crippen LogP contribution in [0.2, 0.25) is 0 Å². The second kappa shape index (κ2) is 5.24. The van der Waals surface area contributed by atoms with E-state index in [4.69, 9.17) is 10.9 Å². The molecule has 0 aliphatic heterocycles. The summed E-state index contributed by atoms with van der Waals surface area (Å²) >= 11 is 0. The zero-order chi connectivity index (χ0) is 12.1. The van der Waals surface area contributed by atoms with Crippen LogP contribution in [0.5, 0.6) is 0 Å². The van der Waals surface area contributed by atoms with E-state index in [1.54, 1.807) is 30.3 Å². The van der Waals surface area contributed by atoms with Gasteiger partial charge in [-0.2, -0.15) is 0 Å². The first-order valence-corrected chi connectivity index (χ1v) is 4.54. The second-order valence-electron chi connectivity index (χ2n) is 3.21. The lowest BCUT2D eigenvalue weighted by Crippen LogP contribution is -2.41. The average molecular weight is 224 g/mol. The maximum Gasteiger partial charge on any atom is 0.273 e. The number of carbonyl (C=O) groups is 2. The van der Waals surface area contributed by atoms with E-state index in [1.807, 2.05) is 0 Å². The third-order valence-electron chi connectivity index (χ3n) is 2.16. The van der Waals surface area contributed by atoms with Crippen molar-refractivity contribution in [2.75, 3.05) is 0 Å². The van der Waals surface area contributed by atoms with Crippen molar-refractivity contribution in [3.8, 4) is 0 Å². The molecular formula is C10H12N2O4. The van der Waals surface area contributed by atoms with Crippen molar-refractivity contribution in [3.63, 3.8) is 0 Å². The fraction of sp³-hybridized carbons (Fsp3) is 0.200. The van der Waals surface area contributed by atoms with Crippen LogP contribution in [0.4, 0.5) is 0 Å². The molecule has 1 rings (SSSR count). The Balaban J connectivity index is 3.01. The quantitative estimate of drug-likeness (QED) is 0.393. The average Bonchev–Trinajstić information content (AvgIpc) is 2.29. The van der Waals surface area contributed by atoms with Gasteiger partial charge in [-0.3, -0.25) is 14.8 Å². The van der Waals surface area contributed by atoms with E-state index in [0.717, 1.165) is 0 Å². The highest BCUT2D eigenvalue weighted by Gasteiger charge is 2.31. The molecule has 0 saturated carbocycles. The Labute approximate surface area is 91.6 Å². The van der Waals surface area contributed by atoms with Crippen LogP contribution in [0, 0.1) is 0 Å². The molecule has 1 aromatic carbocycles. The summed E-state index contributed by atoms with van der Waals surface area (Å²) in [5.41, 5.74) is 6.78. The first kappa shape index (κ1) is 12.2. The van der Waals surface area contributed by atoms with Crippen LogP contribution in [0.3, 0.4) is 0 Å². The lowest BCUT2D eigenvalue weighted by Gasteiger charge is -2.18. The number of nitrogens with one attached hydrogen (secondary N) is 1. The molecule has 2 amide bonds. The lowest BCUT2D eigenvalue weighted by atomic mass is 9.92. The second-order valence-corrected chi connectivity index (χ2v) is 3.21. The summed E-state index contributed by atoms with van der Waals surface area (Å²) in [5, 5.41) is 17.9. The molecule has 6 nitrogen and oxygen atoms in total. The van der Waals surface area contributed by atoms with E-state index < -0.39 is 23.8 Å². The van der Waals surface area contributed by atoms with Gasteiger partial charge in [0, 0.05) is 0 Å². The fourth-order valence-corrected chi connectivity index (χ4v) is 1.38. The SMILES string of the molecule is NC(=O)C(c1ccccc1)C(O)C(=O)NO. The first-order valence-electron chi connectivity index (χ1n) is 4.54. The highest BCUT2D eigenvalue weighted by atomic mass is 16.5. The Morgan fingerprint density at radius 1 is 1.25 bits per heavy atom. The number of hydrogen-bond donors (Lipinski definition) is 4. The fourth-order valence-electron chi connectivity index (χ4n) is 1.38. The van der Waals surface area contributed by atoms with E-state index in [-0.39, 0.29) is 0 Å². The number of aliphatic hydroxyl groups is 1. The molecule has 0 fully saturated rings. The molecule has 1 aromatic rings. The van der Waals surface area contributed by atoms with E-state index in [2.05, 4.69) is 0 Å². The zero-order valence-corrected chi connectivity index (χ0v) is 8.33. The van der Waals surface area contributed by atoms with Gasteiger partial charge >= 0.3 is 0 Å². The van der Waals surface area contributed by atoms with Crippen LogP contribution in [-0.4, -0.2) is 28.2 Å². The molecule has 0 aliphatic rings. The van der Waals surface area contributed by atoms with Crippen LogP contribution in [-0.2, 0) is 9.59 Å². The van der Waals surface area contributed by atoms with E-state index in [0.29, 0.717) is 5.56 Å². The van der Waals surface area contributed by atoms with Crippen molar-refractivity contribution >= 4 is 11.8 Å². The van der Waals surface area contributed by atoms with Crippen LogP contribution in [0.15, 0.2) is 30.3 Å². The Kier molecular flexibility index (Phi) is 3.98. The van der Waals surface area contributed by atoms with E-state index >= 15 is 0 Å². The molecule has 2 atom stereocenters. The van der Waals surface area contributed by atoms with Crippen LogP contribution < -0.4 is 11.2 Å². The van der Waals surface area contributed by atoms with Gasteiger partial charge in [-0.25, -0.2) is 5.48 Å². The third kappa shape index (κ3) is 2.56. The highest BCUT2D eigenvalue weighted by molar-refractivity contribution is 5.91. The molecule has 0 bridgehead atoms. The smallest absolute Gasteiger partial charge is 0.273 e. The number of benzene rings is 1. The monoisotopic (exact) mass is 224 g/mol. The summed E-state index contributed by atoms with van der Waals surface area (Å²) in [5.74, 6) is -3.11. The standard InChI is InChI=1S/C10H12N2O4/c11-9(14)7(8(13)10(15)12-16)6-4-2-1-3-5-6/h1-5,7-8,13,16H,(H2,11,14)(H,12,15). The number of hydroxylamine groups is 1. The van der Waals surface area contributed by atoms with Gasteiger partial charge in [-0.15, -0.1) is 0 Å². The molecule has 0 aromatic heterocycles. The van der Waals surface area contributed by atoms with Gasteiger partial charge in [-0.1, -0.05) is 30.3 Å².